The van der Waals surface area contributed by atoms with Crippen molar-refractivity contribution in [3.8, 4) is 0 Å². The Hall–Kier alpha value is -0.0800. The number of rotatable bonds is 3. The fourth-order valence-corrected chi connectivity index (χ4v) is 3.06. The van der Waals surface area contributed by atoms with E-state index in [2.05, 4.69) is 24.7 Å². The molecule has 1 atom stereocenters. The lowest BCUT2D eigenvalue weighted by Gasteiger charge is -2.29. The normalized spacial score (nSPS) is 43.8. The summed E-state index contributed by atoms with van der Waals surface area (Å²) in [7, 11) is 4.17. The van der Waals surface area contributed by atoms with Gasteiger partial charge in [-0.15, -0.1) is 0 Å². The van der Waals surface area contributed by atoms with Crippen molar-refractivity contribution in [1.29, 1.82) is 0 Å². The molecule has 2 rings (SSSR count). The highest BCUT2D eigenvalue weighted by Gasteiger charge is 2.53. The molecule has 1 spiro atoms. The number of hydrogen-bond donors (Lipinski definition) is 2. The molecule has 0 radical (unpaired) electrons. The molecule has 1 unspecified atom stereocenters. The van der Waals surface area contributed by atoms with Crippen LogP contribution in [0.3, 0.4) is 0 Å². The maximum absolute atomic E-state index is 3.40. The summed E-state index contributed by atoms with van der Waals surface area (Å²) in [5.41, 5.74) is 0.774. The smallest absolute Gasteiger partial charge is 0.00644 e. The topological polar surface area (TPSA) is 24.1 Å². The van der Waals surface area contributed by atoms with Gasteiger partial charge < -0.3 is 10.6 Å². The van der Waals surface area contributed by atoms with Gasteiger partial charge in [-0.1, -0.05) is 0 Å². The van der Waals surface area contributed by atoms with Crippen LogP contribution in [0.25, 0.3) is 0 Å². The molecule has 0 bridgehead atoms. The van der Waals surface area contributed by atoms with Crippen LogP contribution in [-0.2, 0) is 0 Å². The van der Waals surface area contributed by atoms with Crippen molar-refractivity contribution >= 4 is 0 Å². The predicted octanol–water partition coefficient (Wildman–Crippen LogP) is 1.37. The molecule has 2 heteroatoms. The molecule has 0 aliphatic heterocycles. The van der Waals surface area contributed by atoms with Crippen molar-refractivity contribution in [2.24, 2.45) is 11.3 Å². The third-order valence-corrected chi connectivity index (χ3v) is 4.20. The number of hydrogen-bond acceptors (Lipinski definition) is 2. The van der Waals surface area contributed by atoms with E-state index in [0.29, 0.717) is 0 Å². The molecular formula is C11H22N2. The van der Waals surface area contributed by atoms with Gasteiger partial charge in [-0.2, -0.15) is 0 Å². The highest BCUT2D eigenvalue weighted by atomic mass is 14.9. The fourth-order valence-electron chi connectivity index (χ4n) is 3.06. The van der Waals surface area contributed by atoms with Crippen molar-refractivity contribution in [2.75, 3.05) is 20.6 Å². The van der Waals surface area contributed by atoms with Gasteiger partial charge in [0.1, 0.15) is 0 Å². The first-order valence-corrected chi connectivity index (χ1v) is 5.62. The Kier molecular flexibility index (Phi) is 2.61. The van der Waals surface area contributed by atoms with E-state index >= 15 is 0 Å². The van der Waals surface area contributed by atoms with Crippen LogP contribution >= 0.6 is 0 Å². The van der Waals surface area contributed by atoms with Crippen molar-refractivity contribution in [2.45, 2.75) is 38.1 Å². The van der Waals surface area contributed by atoms with Crippen LogP contribution in [0, 0.1) is 11.3 Å². The maximum Gasteiger partial charge on any atom is 0.00644 e. The number of nitrogens with one attached hydrogen (secondary N) is 2. The molecule has 0 aromatic carbocycles. The zero-order valence-corrected chi connectivity index (χ0v) is 8.90. The SMILES string of the molecule is CNCC1CC12CCC(NC)CC2. The lowest BCUT2D eigenvalue weighted by atomic mass is 9.82. The minimum Gasteiger partial charge on any atom is -0.319 e. The summed E-state index contributed by atoms with van der Waals surface area (Å²) in [6.45, 7) is 1.24. The van der Waals surface area contributed by atoms with Crippen LogP contribution in [0.2, 0.25) is 0 Å². The van der Waals surface area contributed by atoms with E-state index in [4.69, 9.17) is 0 Å². The van der Waals surface area contributed by atoms with E-state index in [0.717, 1.165) is 17.4 Å². The summed E-state index contributed by atoms with van der Waals surface area (Å²) >= 11 is 0. The van der Waals surface area contributed by atoms with E-state index in [1.54, 1.807) is 0 Å². The summed E-state index contributed by atoms with van der Waals surface area (Å²) in [5.74, 6) is 0.996. The molecule has 2 aliphatic carbocycles. The Morgan fingerprint density at radius 3 is 2.46 bits per heavy atom. The molecule has 0 heterocycles. The van der Waals surface area contributed by atoms with Crippen molar-refractivity contribution in [1.82, 2.24) is 10.6 Å². The summed E-state index contributed by atoms with van der Waals surface area (Å²) in [5, 5.41) is 6.71. The van der Waals surface area contributed by atoms with Crippen LogP contribution in [0.1, 0.15) is 32.1 Å². The first kappa shape index (κ1) is 9.47. The third kappa shape index (κ3) is 1.75. The van der Waals surface area contributed by atoms with Gasteiger partial charge in [0.25, 0.3) is 0 Å². The van der Waals surface area contributed by atoms with Gasteiger partial charge in [-0.3, -0.25) is 0 Å². The fraction of sp³-hybridized carbons (Fsp3) is 1.00. The van der Waals surface area contributed by atoms with Gasteiger partial charge in [-0.05, 0) is 64.1 Å². The Morgan fingerprint density at radius 2 is 1.92 bits per heavy atom. The van der Waals surface area contributed by atoms with Gasteiger partial charge in [0.2, 0.25) is 0 Å². The van der Waals surface area contributed by atoms with E-state index in [1.807, 2.05) is 0 Å². The molecule has 0 saturated heterocycles. The zero-order valence-electron chi connectivity index (χ0n) is 8.90. The standard InChI is InChI=1S/C11H22N2/c1-12-8-9-7-11(9)5-3-10(13-2)4-6-11/h9-10,12-13H,3-8H2,1-2H3. The molecule has 2 fully saturated rings. The molecule has 2 aliphatic rings. The lowest BCUT2D eigenvalue weighted by molar-refractivity contribution is 0.261. The van der Waals surface area contributed by atoms with Crippen LogP contribution in [0.15, 0.2) is 0 Å². The minimum absolute atomic E-state index is 0.774. The van der Waals surface area contributed by atoms with Crippen molar-refractivity contribution in [3.05, 3.63) is 0 Å². The molecule has 2 nitrogen and oxygen atoms in total. The molecule has 0 amide bonds. The monoisotopic (exact) mass is 182 g/mol. The second-order valence-electron chi connectivity index (χ2n) is 4.88. The van der Waals surface area contributed by atoms with E-state index in [-0.39, 0.29) is 0 Å². The first-order chi connectivity index (χ1) is 6.30. The van der Waals surface area contributed by atoms with Gasteiger partial charge in [-0.25, -0.2) is 0 Å². The average Bonchev–Trinajstić information content (AvgIpc) is 2.81. The van der Waals surface area contributed by atoms with E-state index in [9.17, 15) is 0 Å². The van der Waals surface area contributed by atoms with Crippen LogP contribution in [0.4, 0.5) is 0 Å². The predicted molar refractivity (Wildman–Crippen MR) is 55.8 cm³/mol. The Morgan fingerprint density at radius 1 is 1.23 bits per heavy atom. The van der Waals surface area contributed by atoms with Gasteiger partial charge in [0.05, 0.1) is 0 Å². The van der Waals surface area contributed by atoms with Crippen LogP contribution in [-0.4, -0.2) is 26.7 Å². The van der Waals surface area contributed by atoms with Gasteiger partial charge in [0, 0.05) is 6.04 Å². The van der Waals surface area contributed by atoms with Crippen LogP contribution < -0.4 is 10.6 Å². The summed E-state index contributed by atoms with van der Waals surface area (Å²) in [6, 6.07) is 0.807. The molecule has 0 aromatic rings. The first-order valence-electron chi connectivity index (χ1n) is 5.62. The second-order valence-corrected chi connectivity index (χ2v) is 4.88. The molecule has 13 heavy (non-hydrogen) atoms. The van der Waals surface area contributed by atoms with E-state index in [1.165, 1.54) is 38.6 Å². The highest BCUT2D eigenvalue weighted by Crippen LogP contribution is 2.60. The Bertz CT molecular complexity index is 171. The quantitative estimate of drug-likeness (QED) is 0.689. The third-order valence-electron chi connectivity index (χ3n) is 4.20. The van der Waals surface area contributed by atoms with Crippen LogP contribution in [0.5, 0.6) is 0 Å². The molecule has 0 aromatic heterocycles. The van der Waals surface area contributed by atoms with Crippen molar-refractivity contribution in [3.63, 3.8) is 0 Å². The van der Waals surface area contributed by atoms with Crippen molar-refractivity contribution < 1.29 is 0 Å². The molecular weight excluding hydrogens is 160 g/mol. The van der Waals surface area contributed by atoms with Gasteiger partial charge >= 0.3 is 0 Å². The summed E-state index contributed by atoms with van der Waals surface area (Å²) < 4.78 is 0. The zero-order chi connectivity index (χ0) is 9.31. The molecule has 2 saturated carbocycles. The van der Waals surface area contributed by atoms with E-state index < -0.39 is 0 Å². The lowest BCUT2D eigenvalue weighted by Crippen LogP contribution is -2.32. The Labute approximate surface area is 81.5 Å². The largest absolute Gasteiger partial charge is 0.319 e. The molecule has 2 N–H and O–H groups in total. The minimum atomic E-state index is 0.774. The Balaban J connectivity index is 1.79. The molecule has 76 valence electrons. The van der Waals surface area contributed by atoms with Gasteiger partial charge in [0.15, 0.2) is 0 Å². The summed E-state index contributed by atoms with van der Waals surface area (Å²) in [6.07, 6.45) is 7.22. The summed E-state index contributed by atoms with van der Waals surface area (Å²) in [4.78, 5) is 0. The second kappa shape index (κ2) is 3.58. The maximum atomic E-state index is 3.40. The highest BCUT2D eigenvalue weighted by molar-refractivity contribution is 5.05. The average molecular weight is 182 g/mol.